The number of hydrogen-bond donors (Lipinski definition) is 2. The van der Waals surface area contributed by atoms with Gasteiger partial charge in [-0.05, 0) is 25.0 Å². The lowest BCUT2D eigenvalue weighted by Crippen LogP contribution is -2.34. The summed E-state index contributed by atoms with van der Waals surface area (Å²) < 4.78 is 10.3. The molecule has 0 saturated carbocycles. The summed E-state index contributed by atoms with van der Waals surface area (Å²) in [5, 5.41) is 0. The lowest BCUT2D eigenvalue weighted by molar-refractivity contribution is -0.148. The van der Waals surface area contributed by atoms with E-state index in [4.69, 9.17) is 15.2 Å². The van der Waals surface area contributed by atoms with E-state index < -0.39 is 6.04 Å². The van der Waals surface area contributed by atoms with Crippen molar-refractivity contribution < 1.29 is 14.3 Å². The SMILES string of the molecule is NC(CCS)C(=O)OCC1CCCO1. The van der Waals surface area contributed by atoms with Crippen LogP contribution in [0.1, 0.15) is 19.3 Å². The molecule has 5 heteroatoms. The van der Waals surface area contributed by atoms with Crippen molar-refractivity contribution in [2.24, 2.45) is 5.73 Å². The minimum absolute atomic E-state index is 0.0714. The van der Waals surface area contributed by atoms with E-state index >= 15 is 0 Å². The normalized spacial score (nSPS) is 23.4. The van der Waals surface area contributed by atoms with Crippen molar-refractivity contribution in [2.45, 2.75) is 31.4 Å². The Morgan fingerprint density at radius 3 is 3.07 bits per heavy atom. The number of rotatable bonds is 5. The first-order valence-corrected chi connectivity index (χ1v) is 5.52. The van der Waals surface area contributed by atoms with Gasteiger partial charge in [0.05, 0.1) is 6.10 Å². The number of nitrogens with two attached hydrogens (primary N) is 1. The van der Waals surface area contributed by atoms with E-state index in [-0.39, 0.29) is 12.1 Å². The van der Waals surface area contributed by atoms with Crippen molar-refractivity contribution in [1.82, 2.24) is 0 Å². The highest BCUT2D eigenvalue weighted by Crippen LogP contribution is 2.12. The Kier molecular flexibility index (Phi) is 5.29. The molecule has 14 heavy (non-hydrogen) atoms. The van der Waals surface area contributed by atoms with E-state index in [1.165, 1.54) is 0 Å². The second kappa shape index (κ2) is 6.27. The summed E-state index contributed by atoms with van der Waals surface area (Å²) in [6.07, 6.45) is 2.63. The summed E-state index contributed by atoms with van der Waals surface area (Å²) in [6.45, 7) is 1.10. The predicted octanol–water partition coefficient (Wildman–Crippen LogP) is 0.356. The molecule has 0 aliphatic carbocycles. The van der Waals surface area contributed by atoms with Crippen molar-refractivity contribution in [1.29, 1.82) is 0 Å². The molecule has 0 spiro atoms. The molecule has 0 aromatic carbocycles. The highest BCUT2D eigenvalue weighted by atomic mass is 32.1. The fourth-order valence-electron chi connectivity index (χ4n) is 1.31. The predicted molar refractivity (Wildman–Crippen MR) is 56.4 cm³/mol. The lowest BCUT2D eigenvalue weighted by Gasteiger charge is -2.13. The molecule has 1 rings (SSSR count). The smallest absolute Gasteiger partial charge is 0.323 e. The number of carbonyl (C=O) groups excluding carboxylic acids is 1. The molecule has 1 aliphatic heterocycles. The molecule has 1 fully saturated rings. The van der Waals surface area contributed by atoms with Gasteiger partial charge in [0.2, 0.25) is 0 Å². The average molecular weight is 219 g/mol. The van der Waals surface area contributed by atoms with Crippen LogP contribution in [-0.2, 0) is 14.3 Å². The van der Waals surface area contributed by atoms with Crippen LogP contribution in [0.2, 0.25) is 0 Å². The summed E-state index contributed by atoms with van der Waals surface area (Å²) >= 11 is 4.00. The highest BCUT2D eigenvalue weighted by Gasteiger charge is 2.19. The maximum Gasteiger partial charge on any atom is 0.323 e. The van der Waals surface area contributed by atoms with E-state index in [9.17, 15) is 4.79 Å². The minimum Gasteiger partial charge on any atom is -0.462 e. The van der Waals surface area contributed by atoms with E-state index in [0.29, 0.717) is 18.8 Å². The Bertz CT molecular complexity index is 183. The first-order valence-electron chi connectivity index (χ1n) is 4.88. The third kappa shape index (κ3) is 3.86. The van der Waals surface area contributed by atoms with Crippen LogP contribution in [-0.4, -0.2) is 37.1 Å². The molecule has 82 valence electrons. The van der Waals surface area contributed by atoms with Gasteiger partial charge in [-0.25, -0.2) is 0 Å². The van der Waals surface area contributed by atoms with Crippen molar-refractivity contribution in [3.63, 3.8) is 0 Å². The molecule has 1 heterocycles. The van der Waals surface area contributed by atoms with Crippen LogP contribution in [0.4, 0.5) is 0 Å². The maximum atomic E-state index is 11.3. The van der Waals surface area contributed by atoms with Gasteiger partial charge in [-0.1, -0.05) is 0 Å². The zero-order chi connectivity index (χ0) is 10.4. The molecular formula is C9H17NO3S. The third-order valence-electron chi connectivity index (χ3n) is 2.18. The molecule has 0 bridgehead atoms. The molecule has 1 saturated heterocycles. The van der Waals surface area contributed by atoms with E-state index in [1.807, 2.05) is 0 Å². The molecule has 0 amide bonds. The quantitative estimate of drug-likeness (QED) is 0.517. The van der Waals surface area contributed by atoms with Crippen LogP contribution in [0.3, 0.4) is 0 Å². The van der Waals surface area contributed by atoms with Crippen molar-refractivity contribution in [2.75, 3.05) is 19.0 Å². The van der Waals surface area contributed by atoms with Crippen LogP contribution >= 0.6 is 12.6 Å². The topological polar surface area (TPSA) is 61.6 Å². The molecule has 2 unspecified atom stereocenters. The molecule has 0 aromatic heterocycles. The second-order valence-corrected chi connectivity index (χ2v) is 3.83. The van der Waals surface area contributed by atoms with Gasteiger partial charge in [-0.3, -0.25) is 4.79 Å². The van der Waals surface area contributed by atoms with E-state index in [1.54, 1.807) is 0 Å². The van der Waals surface area contributed by atoms with Gasteiger partial charge in [-0.15, -0.1) is 0 Å². The summed E-state index contributed by atoms with van der Waals surface area (Å²) in [7, 11) is 0. The molecule has 2 atom stereocenters. The number of thiol groups is 1. The van der Waals surface area contributed by atoms with Crippen LogP contribution in [0.25, 0.3) is 0 Å². The van der Waals surface area contributed by atoms with Gasteiger partial charge in [0.15, 0.2) is 0 Å². The number of ether oxygens (including phenoxy) is 2. The zero-order valence-electron chi connectivity index (χ0n) is 8.15. The Labute approximate surface area is 89.5 Å². The van der Waals surface area contributed by atoms with Crippen molar-refractivity contribution >= 4 is 18.6 Å². The largest absolute Gasteiger partial charge is 0.462 e. The van der Waals surface area contributed by atoms with E-state index in [0.717, 1.165) is 19.4 Å². The molecule has 4 nitrogen and oxygen atoms in total. The van der Waals surface area contributed by atoms with Gasteiger partial charge in [-0.2, -0.15) is 12.6 Å². The van der Waals surface area contributed by atoms with Crippen molar-refractivity contribution in [3.05, 3.63) is 0 Å². The highest BCUT2D eigenvalue weighted by molar-refractivity contribution is 7.80. The Morgan fingerprint density at radius 2 is 2.50 bits per heavy atom. The van der Waals surface area contributed by atoms with E-state index in [2.05, 4.69) is 12.6 Å². The van der Waals surface area contributed by atoms with Crippen LogP contribution in [0.15, 0.2) is 0 Å². The fraction of sp³-hybridized carbons (Fsp3) is 0.889. The van der Waals surface area contributed by atoms with Gasteiger partial charge in [0, 0.05) is 6.61 Å². The molecule has 2 N–H and O–H groups in total. The lowest BCUT2D eigenvalue weighted by atomic mass is 10.2. The second-order valence-electron chi connectivity index (χ2n) is 3.38. The maximum absolute atomic E-state index is 11.3. The van der Waals surface area contributed by atoms with Gasteiger partial charge in [0.1, 0.15) is 12.6 Å². The van der Waals surface area contributed by atoms with Crippen molar-refractivity contribution in [3.8, 4) is 0 Å². The number of carbonyl (C=O) groups is 1. The Balaban J connectivity index is 2.13. The average Bonchev–Trinajstić information content (AvgIpc) is 2.67. The summed E-state index contributed by atoms with van der Waals surface area (Å²) in [5.41, 5.74) is 5.55. The fourth-order valence-corrected chi connectivity index (χ4v) is 1.59. The van der Waals surface area contributed by atoms with Gasteiger partial charge in [0.25, 0.3) is 0 Å². The Morgan fingerprint density at radius 1 is 1.71 bits per heavy atom. The molecule has 0 radical (unpaired) electrons. The first kappa shape index (κ1) is 11.8. The summed E-state index contributed by atoms with van der Waals surface area (Å²) in [5.74, 6) is 0.241. The van der Waals surface area contributed by atoms with Gasteiger partial charge < -0.3 is 15.2 Å². The monoisotopic (exact) mass is 219 g/mol. The zero-order valence-corrected chi connectivity index (χ0v) is 9.04. The Hall–Kier alpha value is -0.260. The molecule has 1 aliphatic rings. The minimum atomic E-state index is -0.547. The van der Waals surface area contributed by atoms with Gasteiger partial charge >= 0.3 is 5.97 Å². The number of esters is 1. The van der Waals surface area contributed by atoms with Crippen LogP contribution in [0.5, 0.6) is 0 Å². The number of hydrogen-bond acceptors (Lipinski definition) is 5. The van der Waals surface area contributed by atoms with Crippen LogP contribution < -0.4 is 5.73 Å². The molecule has 0 aromatic rings. The molecular weight excluding hydrogens is 202 g/mol. The van der Waals surface area contributed by atoms with Crippen LogP contribution in [0, 0.1) is 0 Å². The summed E-state index contributed by atoms with van der Waals surface area (Å²) in [6, 6.07) is -0.547. The first-order chi connectivity index (χ1) is 6.74. The third-order valence-corrected chi connectivity index (χ3v) is 2.44. The standard InChI is InChI=1S/C9H17NO3S/c10-8(3-5-14)9(11)13-6-7-2-1-4-12-7/h7-8,14H,1-6,10H2. The summed E-state index contributed by atoms with van der Waals surface area (Å²) in [4.78, 5) is 11.3.